The number of hydrogen-bond acceptors (Lipinski definition) is 5. The van der Waals surface area contributed by atoms with Crippen molar-refractivity contribution in [3.63, 3.8) is 0 Å². The number of nitrogens with one attached hydrogen (secondary N) is 2. The molecular weight excluding hydrogens is 356 g/mol. The third kappa shape index (κ3) is 5.89. The van der Waals surface area contributed by atoms with E-state index in [0.717, 1.165) is 17.4 Å². The molecule has 0 radical (unpaired) electrons. The van der Waals surface area contributed by atoms with E-state index >= 15 is 0 Å². The first-order valence-corrected chi connectivity index (χ1v) is 9.70. The van der Waals surface area contributed by atoms with Crippen LogP contribution in [0.5, 0.6) is 0 Å². The summed E-state index contributed by atoms with van der Waals surface area (Å²) in [6, 6.07) is 13.6. The van der Waals surface area contributed by atoms with Gasteiger partial charge in [0.25, 0.3) is 5.91 Å². The molecule has 0 aliphatic heterocycles. The van der Waals surface area contributed by atoms with Crippen LogP contribution in [-0.4, -0.2) is 33.2 Å². The van der Waals surface area contributed by atoms with Crippen molar-refractivity contribution in [2.45, 2.75) is 13.5 Å². The molecule has 0 saturated heterocycles. The van der Waals surface area contributed by atoms with Gasteiger partial charge in [-0.25, -0.2) is 13.2 Å². The van der Waals surface area contributed by atoms with Crippen LogP contribution in [0.1, 0.15) is 21.5 Å². The van der Waals surface area contributed by atoms with Gasteiger partial charge in [-0.3, -0.25) is 9.52 Å². The van der Waals surface area contributed by atoms with E-state index in [0.29, 0.717) is 6.54 Å². The highest BCUT2D eigenvalue weighted by molar-refractivity contribution is 7.92. The van der Waals surface area contributed by atoms with Crippen LogP contribution < -0.4 is 10.0 Å². The first kappa shape index (κ1) is 19.5. The molecule has 26 heavy (non-hydrogen) atoms. The van der Waals surface area contributed by atoms with Crippen LogP contribution >= 0.6 is 0 Å². The fourth-order valence-electron chi connectivity index (χ4n) is 2.21. The summed E-state index contributed by atoms with van der Waals surface area (Å²) in [5.41, 5.74) is 2.14. The van der Waals surface area contributed by atoms with Crippen molar-refractivity contribution in [1.82, 2.24) is 5.32 Å². The van der Waals surface area contributed by atoms with Crippen LogP contribution in [0.2, 0.25) is 0 Å². The van der Waals surface area contributed by atoms with Gasteiger partial charge in [-0.1, -0.05) is 36.4 Å². The number of para-hydroxylation sites is 1. The van der Waals surface area contributed by atoms with E-state index in [9.17, 15) is 18.0 Å². The van der Waals surface area contributed by atoms with Crippen LogP contribution in [0.4, 0.5) is 5.69 Å². The van der Waals surface area contributed by atoms with Crippen molar-refractivity contribution in [1.29, 1.82) is 0 Å². The minimum absolute atomic E-state index is 0.0321. The van der Waals surface area contributed by atoms with E-state index < -0.39 is 28.5 Å². The van der Waals surface area contributed by atoms with Crippen LogP contribution in [0, 0.1) is 6.92 Å². The van der Waals surface area contributed by atoms with Gasteiger partial charge in [0.05, 0.1) is 17.5 Å². The van der Waals surface area contributed by atoms with Crippen molar-refractivity contribution < 1.29 is 22.7 Å². The standard InChI is InChI=1S/C18H20N2O5S/c1-13-7-3-4-8-14(13)11-19-17(21)12-25-18(22)15-9-5-6-10-16(15)20-26(2,23)24/h3-10,20H,11-12H2,1-2H3,(H,19,21). The molecule has 0 aliphatic rings. The first-order valence-electron chi connectivity index (χ1n) is 7.81. The molecule has 0 aliphatic carbocycles. The Morgan fingerprint density at radius 2 is 1.69 bits per heavy atom. The quantitative estimate of drug-likeness (QED) is 0.718. The Morgan fingerprint density at radius 1 is 1.04 bits per heavy atom. The number of amides is 1. The van der Waals surface area contributed by atoms with Gasteiger partial charge in [0.2, 0.25) is 10.0 Å². The molecule has 2 N–H and O–H groups in total. The van der Waals surface area contributed by atoms with Crippen LogP contribution in [0.15, 0.2) is 48.5 Å². The molecule has 0 saturated carbocycles. The SMILES string of the molecule is Cc1ccccc1CNC(=O)COC(=O)c1ccccc1NS(C)(=O)=O. The molecule has 8 heteroatoms. The van der Waals surface area contributed by atoms with Crippen molar-refractivity contribution in [3.05, 3.63) is 65.2 Å². The molecule has 1 amide bonds. The van der Waals surface area contributed by atoms with Gasteiger partial charge in [-0.05, 0) is 30.2 Å². The van der Waals surface area contributed by atoms with Crippen LogP contribution in [-0.2, 0) is 26.1 Å². The van der Waals surface area contributed by atoms with Gasteiger partial charge >= 0.3 is 5.97 Å². The summed E-state index contributed by atoms with van der Waals surface area (Å²) in [7, 11) is -3.54. The fourth-order valence-corrected chi connectivity index (χ4v) is 2.79. The van der Waals surface area contributed by atoms with Crippen molar-refractivity contribution in [2.75, 3.05) is 17.6 Å². The summed E-state index contributed by atoms with van der Waals surface area (Å²) < 4.78 is 29.9. The third-order valence-electron chi connectivity index (χ3n) is 3.51. The summed E-state index contributed by atoms with van der Waals surface area (Å²) in [4.78, 5) is 24.0. The van der Waals surface area contributed by atoms with E-state index in [4.69, 9.17) is 4.74 Å². The lowest BCUT2D eigenvalue weighted by Crippen LogP contribution is -2.28. The molecule has 7 nitrogen and oxygen atoms in total. The number of esters is 1. The zero-order valence-corrected chi connectivity index (χ0v) is 15.3. The molecule has 0 spiro atoms. The second-order valence-corrected chi connectivity index (χ2v) is 7.45. The minimum atomic E-state index is -3.54. The fraction of sp³-hybridized carbons (Fsp3) is 0.222. The van der Waals surface area contributed by atoms with Gasteiger partial charge in [0.1, 0.15) is 0 Å². The summed E-state index contributed by atoms with van der Waals surface area (Å²) in [6.07, 6.45) is 0.980. The highest BCUT2D eigenvalue weighted by atomic mass is 32.2. The number of benzene rings is 2. The van der Waals surface area contributed by atoms with Gasteiger partial charge < -0.3 is 10.1 Å². The average Bonchev–Trinajstić information content (AvgIpc) is 2.58. The normalized spacial score (nSPS) is 10.8. The Morgan fingerprint density at radius 3 is 2.38 bits per heavy atom. The molecule has 0 atom stereocenters. The minimum Gasteiger partial charge on any atom is -0.452 e. The average molecular weight is 376 g/mol. The van der Waals surface area contributed by atoms with E-state index in [2.05, 4.69) is 10.0 Å². The number of hydrogen-bond donors (Lipinski definition) is 2. The lowest BCUT2D eigenvalue weighted by Gasteiger charge is -2.11. The maximum atomic E-state index is 12.1. The highest BCUT2D eigenvalue weighted by Crippen LogP contribution is 2.17. The van der Waals surface area contributed by atoms with Gasteiger partial charge in [-0.2, -0.15) is 0 Å². The lowest BCUT2D eigenvalue weighted by atomic mass is 10.1. The number of rotatable bonds is 7. The van der Waals surface area contributed by atoms with E-state index in [-0.39, 0.29) is 11.3 Å². The van der Waals surface area contributed by atoms with Crippen molar-refractivity contribution >= 4 is 27.6 Å². The molecule has 0 bridgehead atoms. The Hall–Kier alpha value is -2.87. The Kier molecular flexibility index (Phi) is 6.35. The van der Waals surface area contributed by atoms with Crippen LogP contribution in [0.25, 0.3) is 0 Å². The topological polar surface area (TPSA) is 102 Å². The van der Waals surface area contributed by atoms with E-state index in [1.54, 1.807) is 12.1 Å². The summed E-state index contributed by atoms with van der Waals surface area (Å²) in [5, 5.41) is 2.67. The predicted octanol–water partition coefficient (Wildman–Crippen LogP) is 1.84. The lowest BCUT2D eigenvalue weighted by molar-refractivity contribution is -0.124. The van der Waals surface area contributed by atoms with Crippen molar-refractivity contribution in [2.24, 2.45) is 0 Å². The zero-order valence-electron chi connectivity index (χ0n) is 14.5. The van der Waals surface area contributed by atoms with Crippen molar-refractivity contribution in [3.8, 4) is 0 Å². The monoisotopic (exact) mass is 376 g/mol. The number of carbonyl (C=O) groups is 2. The second-order valence-electron chi connectivity index (χ2n) is 5.70. The Balaban J connectivity index is 1.92. The predicted molar refractivity (Wildman–Crippen MR) is 98.2 cm³/mol. The summed E-state index contributed by atoms with van der Waals surface area (Å²) in [6.45, 7) is 1.81. The van der Waals surface area contributed by atoms with E-state index in [1.165, 1.54) is 12.1 Å². The Bertz CT molecular complexity index is 909. The molecule has 138 valence electrons. The largest absolute Gasteiger partial charge is 0.452 e. The zero-order chi connectivity index (χ0) is 19.2. The molecular formula is C18H20N2O5S. The number of carbonyl (C=O) groups excluding carboxylic acids is 2. The molecule has 2 aromatic carbocycles. The molecule has 0 heterocycles. The third-order valence-corrected chi connectivity index (χ3v) is 4.10. The van der Waals surface area contributed by atoms with Gasteiger partial charge in [0, 0.05) is 6.54 Å². The molecule has 0 unspecified atom stereocenters. The van der Waals surface area contributed by atoms with E-state index in [1.807, 2.05) is 31.2 Å². The first-order chi connectivity index (χ1) is 12.3. The number of ether oxygens (including phenoxy) is 1. The molecule has 0 fully saturated rings. The van der Waals surface area contributed by atoms with Gasteiger partial charge in [0.15, 0.2) is 6.61 Å². The maximum Gasteiger partial charge on any atom is 0.340 e. The summed E-state index contributed by atoms with van der Waals surface area (Å²) in [5.74, 6) is -1.24. The number of aryl methyl sites for hydroxylation is 1. The molecule has 0 aromatic heterocycles. The number of anilines is 1. The molecule has 2 aromatic rings. The maximum absolute atomic E-state index is 12.1. The number of sulfonamides is 1. The highest BCUT2D eigenvalue weighted by Gasteiger charge is 2.16. The Labute approximate surface area is 152 Å². The molecule has 2 rings (SSSR count). The van der Waals surface area contributed by atoms with Gasteiger partial charge in [-0.15, -0.1) is 0 Å². The second kappa shape index (κ2) is 8.48. The summed E-state index contributed by atoms with van der Waals surface area (Å²) >= 11 is 0. The van der Waals surface area contributed by atoms with Crippen LogP contribution in [0.3, 0.4) is 0 Å². The smallest absolute Gasteiger partial charge is 0.340 e.